The van der Waals surface area contributed by atoms with Gasteiger partial charge in [-0.1, -0.05) is 24.3 Å². The Labute approximate surface area is 184 Å². The van der Waals surface area contributed by atoms with E-state index in [1.54, 1.807) is 60.7 Å². The molecule has 2 amide bonds. The maximum absolute atomic E-state index is 12.8. The maximum Gasteiger partial charge on any atom is 0.255 e. The normalized spacial score (nSPS) is 10.1. The second-order valence-corrected chi connectivity index (χ2v) is 7.03. The number of anilines is 2. The van der Waals surface area contributed by atoms with Gasteiger partial charge in [0.25, 0.3) is 11.8 Å². The van der Waals surface area contributed by atoms with Gasteiger partial charge in [-0.25, -0.2) is 0 Å². The molecule has 0 radical (unpaired) electrons. The van der Waals surface area contributed by atoms with Crippen LogP contribution in [0.5, 0.6) is 0 Å². The molecule has 4 aromatic rings. The third-order valence-electron chi connectivity index (χ3n) is 4.93. The van der Waals surface area contributed by atoms with Gasteiger partial charge in [-0.2, -0.15) is 10.5 Å². The van der Waals surface area contributed by atoms with E-state index in [1.807, 2.05) is 36.4 Å². The molecule has 0 aliphatic heterocycles. The van der Waals surface area contributed by atoms with E-state index in [0.717, 1.165) is 10.8 Å². The zero-order valence-electron chi connectivity index (χ0n) is 16.8. The first-order valence-electron chi connectivity index (χ1n) is 9.73. The van der Waals surface area contributed by atoms with Crippen LogP contribution in [0.15, 0.2) is 84.9 Å². The van der Waals surface area contributed by atoms with Crippen molar-refractivity contribution in [2.75, 3.05) is 10.6 Å². The molecule has 6 heteroatoms. The fourth-order valence-corrected chi connectivity index (χ4v) is 3.23. The molecule has 4 aromatic carbocycles. The smallest absolute Gasteiger partial charge is 0.255 e. The van der Waals surface area contributed by atoms with Gasteiger partial charge in [0.05, 0.1) is 34.6 Å². The van der Waals surface area contributed by atoms with E-state index in [2.05, 4.69) is 10.6 Å². The second-order valence-electron chi connectivity index (χ2n) is 7.03. The van der Waals surface area contributed by atoms with Crippen molar-refractivity contribution in [3.05, 3.63) is 107 Å². The summed E-state index contributed by atoms with van der Waals surface area (Å²) in [5.41, 5.74) is 2.59. The Morgan fingerprint density at radius 3 is 1.31 bits per heavy atom. The van der Waals surface area contributed by atoms with Crippen LogP contribution in [-0.4, -0.2) is 11.8 Å². The first-order chi connectivity index (χ1) is 15.6. The molecule has 0 bridgehead atoms. The number of rotatable bonds is 4. The fraction of sp³-hybridized carbons (Fsp3) is 0. The molecular weight excluding hydrogens is 400 g/mol. The van der Waals surface area contributed by atoms with Crippen LogP contribution >= 0.6 is 0 Å². The van der Waals surface area contributed by atoms with Crippen molar-refractivity contribution >= 4 is 34.0 Å². The SMILES string of the molecule is N#Cc1ccc(C(=O)Nc2cc3ccccc3cc2NC(=O)c2ccc(C#N)cc2)cc1. The van der Waals surface area contributed by atoms with Gasteiger partial charge in [-0.05, 0) is 71.4 Å². The molecule has 0 spiro atoms. The molecule has 0 fully saturated rings. The summed E-state index contributed by atoms with van der Waals surface area (Å²) in [5.74, 6) is -0.725. The van der Waals surface area contributed by atoms with E-state index in [0.29, 0.717) is 33.6 Å². The predicted molar refractivity (Wildman–Crippen MR) is 122 cm³/mol. The van der Waals surface area contributed by atoms with Crippen molar-refractivity contribution in [3.63, 3.8) is 0 Å². The highest BCUT2D eigenvalue weighted by Crippen LogP contribution is 2.29. The lowest BCUT2D eigenvalue weighted by Gasteiger charge is -2.14. The minimum atomic E-state index is -0.362. The summed E-state index contributed by atoms with van der Waals surface area (Å²) in [6.45, 7) is 0. The van der Waals surface area contributed by atoms with Crippen LogP contribution in [0.25, 0.3) is 10.8 Å². The van der Waals surface area contributed by atoms with E-state index in [4.69, 9.17) is 10.5 Å². The topological polar surface area (TPSA) is 106 Å². The number of benzene rings is 4. The van der Waals surface area contributed by atoms with E-state index in [-0.39, 0.29) is 11.8 Å². The van der Waals surface area contributed by atoms with Gasteiger partial charge in [-0.3, -0.25) is 9.59 Å². The minimum absolute atomic E-state index is 0.362. The van der Waals surface area contributed by atoms with Gasteiger partial charge in [0.15, 0.2) is 0 Å². The number of nitrogens with one attached hydrogen (secondary N) is 2. The van der Waals surface area contributed by atoms with Gasteiger partial charge >= 0.3 is 0 Å². The van der Waals surface area contributed by atoms with Gasteiger partial charge < -0.3 is 10.6 Å². The first-order valence-corrected chi connectivity index (χ1v) is 9.73. The van der Waals surface area contributed by atoms with Crippen LogP contribution in [0.4, 0.5) is 11.4 Å². The molecule has 0 aliphatic carbocycles. The van der Waals surface area contributed by atoms with Gasteiger partial charge in [-0.15, -0.1) is 0 Å². The first kappa shape index (κ1) is 20.3. The molecule has 0 unspecified atom stereocenters. The lowest BCUT2D eigenvalue weighted by atomic mass is 10.1. The summed E-state index contributed by atoms with van der Waals surface area (Å²) in [6.07, 6.45) is 0. The van der Waals surface area contributed by atoms with Gasteiger partial charge in [0, 0.05) is 11.1 Å². The Morgan fingerprint density at radius 1 is 0.594 bits per heavy atom. The summed E-state index contributed by atoms with van der Waals surface area (Å²) in [4.78, 5) is 25.6. The van der Waals surface area contributed by atoms with Crippen LogP contribution in [0.3, 0.4) is 0 Å². The van der Waals surface area contributed by atoms with Crippen molar-refractivity contribution in [2.45, 2.75) is 0 Å². The van der Waals surface area contributed by atoms with Gasteiger partial charge in [0.1, 0.15) is 0 Å². The van der Waals surface area contributed by atoms with Crippen LogP contribution in [0.2, 0.25) is 0 Å². The molecule has 32 heavy (non-hydrogen) atoms. The molecule has 152 valence electrons. The number of hydrogen-bond acceptors (Lipinski definition) is 4. The van der Waals surface area contributed by atoms with Gasteiger partial charge in [0.2, 0.25) is 0 Å². The fourth-order valence-electron chi connectivity index (χ4n) is 3.23. The summed E-state index contributed by atoms with van der Waals surface area (Å²) in [5, 5.41) is 25.4. The summed E-state index contributed by atoms with van der Waals surface area (Å²) < 4.78 is 0. The Balaban J connectivity index is 1.66. The molecule has 0 heterocycles. The van der Waals surface area contributed by atoms with Crippen molar-refractivity contribution < 1.29 is 9.59 Å². The number of amides is 2. The summed E-state index contributed by atoms with van der Waals surface area (Å²) in [6, 6.07) is 27.8. The lowest BCUT2D eigenvalue weighted by molar-refractivity contribution is 0.101. The average Bonchev–Trinajstić information content (AvgIpc) is 2.84. The molecule has 0 aromatic heterocycles. The molecule has 0 atom stereocenters. The number of nitriles is 2. The number of carbonyl (C=O) groups excluding carboxylic acids is 2. The largest absolute Gasteiger partial charge is 0.320 e. The van der Waals surface area contributed by atoms with E-state index >= 15 is 0 Å². The lowest BCUT2D eigenvalue weighted by Crippen LogP contribution is -2.17. The molecule has 0 aliphatic rings. The highest BCUT2D eigenvalue weighted by molar-refractivity contribution is 6.12. The Bertz CT molecular complexity index is 1300. The van der Waals surface area contributed by atoms with Crippen LogP contribution in [0.1, 0.15) is 31.8 Å². The van der Waals surface area contributed by atoms with Crippen molar-refractivity contribution in [3.8, 4) is 12.1 Å². The summed E-state index contributed by atoms with van der Waals surface area (Å²) in [7, 11) is 0. The standard InChI is InChI=1S/C26H16N4O2/c27-15-17-5-9-19(10-6-17)25(31)29-23-13-21-3-1-2-4-22(21)14-24(23)30-26(32)20-11-7-18(16-28)8-12-20/h1-14H,(H,29,31)(H,30,32). The predicted octanol–water partition coefficient (Wildman–Crippen LogP) is 5.09. The third kappa shape index (κ3) is 4.30. The van der Waals surface area contributed by atoms with Crippen LogP contribution in [0, 0.1) is 22.7 Å². The minimum Gasteiger partial charge on any atom is -0.320 e. The molecular formula is C26H16N4O2. The molecule has 6 nitrogen and oxygen atoms in total. The number of hydrogen-bond donors (Lipinski definition) is 2. The zero-order valence-corrected chi connectivity index (χ0v) is 16.8. The monoisotopic (exact) mass is 416 g/mol. The van der Waals surface area contributed by atoms with E-state index < -0.39 is 0 Å². The highest BCUT2D eigenvalue weighted by Gasteiger charge is 2.14. The van der Waals surface area contributed by atoms with Crippen LogP contribution < -0.4 is 10.6 Å². The Kier molecular flexibility index (Phi) is 5.61. The zero-order chi connectivity index (χ0) is 22.5. The average molecular weight is 416 g/mol. The van der Waals surface area contributed by atoms with E-state index in [9.17, 15) is 9.59 Å². The van der Waals surface area contributed by atoms with Crippen LogP contribution in [-0.2, 0) is 0 Å². The van der Waals surface area contributed by atoms with E-state index in [1.165, 1.54) is 0 Å². The quantitative estimate of drug-likeness (QED) is 0.483. The molecule has 0 saturated heterocycles. The molecule has 0 saturated carbocycles. The Hall–Kier alpha value is -4.94. The van der Waals surface area contributed by atoms with Crippen molar-refractivity contribution in [2.24, 2.45) is 0 Å². The highest BCUT2D eigenvalue weighted by atomic mass is 16.2. The molecule has 4 rings (SSSR count). The number of nitrogens with zero attached hydrogens (tertiary/aromatic N) is 2. The second kappa shape index (κ2) is 8.83. The van der Waals surface area contributed by atoms with Crippen molar-refractivity contribution in [1.82, 2.24) is 0 Å². The summed E-state index contributed by atoms with van der Waals surface area (Å²) >= 11 is 0. The number of fused-ring (bicyclic) bond motifs is 1. The third-order valence-corrected chi connectivity index (χ3v) is 4.93. The number of carbonyl (C=O) groups is 2. The maximum atomic E-state index is 12.8. The molecule has 2 N–H and O–H groups in total. The van der Waals surface area contributed by atoms with Crippen molar-refractivity contribution in [1.29, 1.82) is 10.5 Å². The Morgan fingerprint density at radius 2 is 0.969 bits per heavy atom.